The Morgan fingerprint density at radius 3 is 2.23 bits per heavy atom. The van der Waals surface area contributed by atoms with Crippen molar-refractivity contribution < 1.29 is 49.4 Å². The van der Waals surface area contributed by atoms with E-state index in [1.807, 2.05) is 0 Å². The van der Waals surface area contributed by atoms with E-state index in [4.69, 9.17) is 11.6 Å². The number of hydrogen-bond acceptors (Lipinski definition) is 6. The van der Waals surface area contributed by atoms with E-state index in [-0.39, 0.29) is 16.4 Å². The van der Waals surface area contributed by atoms with Gasteiger partial charge in [0.15, 0.2) is 17.8 Å². The van der Waals surface area contributed by atoms with Crippen molar-refractivity contribution in [2.24, 2.45) is 0 Å². The molecule has 0 saturated heterocycles. The van der Waals surface area contributed by atoms with Crippen LogP contribution in [0.4, 0.5) is 39.5 Å². The van der Waals surface area contributed by atoms with Crippen molar-refractivity contribution >= 4 is 17.5 Å². The maximum absolute atomic E-state index is 13.8. The monoisotopic (exact) mass is 657 g/mol. The van der Waals surface area contributed by atoms with E-state index < -0.39 is 78.5 Å². The average molecular weight is 658 g/mol. The van der Waals surface area contributed by atoms with Gasteiger partial charge in [-0.25, -0.2) is 19.1 Å². The number of nitrogens with zero attached hydrogens (tertiary/aromatic N) is 6. The van der Waals surface area contributed by atoms with Crippen LogP contribution in [-0.2, 0) is 19.3 Å². The molecule has 20 heteroatoms. The molecule has 1 amide bonds. The number of hydrogen-bond donors (Lipinski definition) is 2. The van der Waals surface area contributed by atoms with Crippen LogP contribution in [0.5, 0.6) is 0 Å². The van der Waals surface area contributed by atoms with E-state index in [0.717, 1.165) is 12.1 Å². The minimum absolute atomic E-state index is 0.117. The number of benzene rings is 2. The highest BCUT2D eigenvalue weighted by Crippen LogP contribution is 2.35. The molecule has 2 aromatic heterocycles. The number of amides is 1. The smallest absolute Gasteiger partial charge is 0.382 e. The van der Waals surface area contributed by atoms with Gasteiger partial charge in [0, 0.05) is 10.6 Å². The molecule has 0 aliphatic heterocycles. The zero-order valence-corrected chi connectivity index (χ0v) is 22.3. The number of para-hydroxylation sites is 1. The van der Waals surface area contributed by atoms with Gasteiger partial charge in [0.1, 0.15) is 19.4 Å². The van der Waals surface area contributed by atoms with Crippen LogP contribution >= 0.6 is 11.6 Å². The molecule has 0 bridgehead atoms. The van der Waals surface area contributed by atoms with E-state index in [1.54, 1.807) is 0 Å². The number of carbonyl (C=O) groups is 1. The largest absolute Gasteiger partial charge is 0.418 e. The molecule has 1 unspecified atom stereocenters. The molecule has 0 fully saturated rings. The average Bonchev–Trinajstić information content (AvgIpc) is 3.50. The number of aliphatic hydroxyl groups excluding tert-OH is 1. The van der Waals surface area contributed by atoms with Crippen LogP contribution in [0, 0.1) is 0 Å². The third-order valence-electron chi connectivity index (χ3n) is 5.85. The molecule has 2 N–H and O–H groups in total. The third kappa shape index (κ3) is 7.39. The summed E-state index contributed by atoms with van der Waals surface area (Å²) < 4.78 is 120. The number of aromatic nitrogens is 6. The predicted octanol–water partition coefficient (Wildman–Crippen LogP) is 4.23. The van der Waals surface area contributed by atoms with Crippen LogP contribution in [0.25, 0.3) is 17.1 Å². The fourth-order valence-corrected chi connectivity index (χ4v) is 4.01. The van der Waals surface area contributed by atoms with Gasteiger partial charge in [0.25, 0.3) is 5.91 Å². The zero-order valence-electron chi connectivity index (χ0n) is 21.5. The van der Waals surface area contributed by atoms with Gasteiger partial charge in [-0.05, 0) is 36.4 Å². The summed E-state index contributed by atoms with van der Waals surface area (Å²) in [6, 6.07) is 7.55. The molecule has 236 valence electrons. The number of alkyl halides is 9. The first kappa shape index (κ1) is 32.5. The minimum atomic E-state index is -5.11. The Morgan fingerprint density at radius 1 is 0.977 bits per heavy atom. The molecule has 0 radical (unpaired) electrons. The van der Waals surface area contributed by atoms with Gasteiger partial charge < -0.3 is 10.4 Å². The van der Waals surface area contributed by atoms with E-state index in [0.29, 0.717) is 26.3 Å². The Hall–Kier alpha value is -4.39. The molecule has 1 atom stereocenters. The summed E-state index contributed by atoms with van der Waals surface area (Å²) in [5.74, 6) is -2.26. The predicted molar refractivity (Wildman–Crippen MR) is 133 cm³/mol. The lowest BCUT2D eigenvalue weighted by molar-refractivity contribution is -0.207. The molecule has 44 heavy (non-hydrogen) atoms. The Kier molecular flexibility index (Phi) is 8.83. The van der Waals surface area contributed by atoms with Crippen LogP contribution in [0.3, 0.4) is 0 Å². The highest BCUT2D eigenvalue weighted by molar-refractivity contribution is 6.30. The van der Waals surface area contributed by atoms with Gasteiger partial charge >= 0.3 is 24.2 Å². The van der Waals surface area contributed by atoms with E-state index in [9.17, 15) is 54.2 Å². The van der Waals surface area contributed by atoms with Crippen molar-refractivity contribution in [3.8, 4) is 17.1 Å². The first-order chi connectivity index (χ1) is 20.3. The maximum Gasteiger partial charge on any atom is 0.418 e. The molecular formula is C24H17ClF9N7O3. The van der Waals surface area contributed by atoms with Crippen LogP contribution in [0.15, 0.2) is 53.6 Å². The second-order valence-corrected chi connectivity index (χ2v) is 9.48. The van der Waals surface area contributed by atoms with Gasteiger partial charge in [0.2, 0.25) is 0 Å². The summed E-state index contributed by atoms with van der Waals surface area (Å²) in [5, 5.41) is 19.1. The van der Waals surface area contributed by atoms with Crippen LogP contribution in [0.2, 0.25) is 5.02 Å². The fourth-order valence-electron chi connectivity index (χ4n) is 3.89. The molecule has 0 saturated carbocycles. The molecule has 2 aromatic carbocycles. The summed E-state index contributed by atoms with van der Waals surface area (Å²) in [6.45, 7) is -3.82. The van der Waals surface area contributed by atoms with E-state index in [2.05, 4.69) is 15.2 Å². The molecule has 0 spiro atoms. The van der Waals surface area contributed by atoms with Crippen LogP contribution in [0.1, 0.15) is 21.7 Å². The van der Waals surface area contributed by atoms with Gasteiger partial charge in [-0.2, -0.15) is 39.5 Å². The first-order valence-electron chi connectivity index (χ1n) is 12.0. The van der Waals surface area contributed by atoms with Gasteiger partial charge in [-0.15, -0.1) is 10.2 Å². The molecule has 2 heterocycles. The minimum Gasteiger partial charge on any atom is -0.382 e. The van der Waals surface area contributed by atoms with Crippen molar-refractivity contribution in [2.75, 3.05) is 6.54 Å². The lowest BCUT2D eigenvalue weighted by Crippen LogP contribution is -2.37. The highest BCUT2D eigenvalue weighted by atomic mass is 35.5. The summed E-state index contributed by atoms with van der Waals surface area (Å²) in [4.78, 5) is 29.3. The van der Waals surface area contributed by atoms with Crippen molar-refractivity contribution in [1.29, 1.82) is 0 Å². The maximum atomic E-state index is 13.8. The van der Waals surface area contributed by atoms with Crippen molar-refractivity contribution in [1.82, 2.24) is 34.4 Å². The lowest BCUT2D eigenvalue weighted by Gasteiger charge is -2.16. The second kappa shape index (κ2) is 11.9. The van der Waals surface area contributed by atoms with E-state index in [1.165, 1.54) is 29.6 Å². The van der Waals surface area contributed by atoms with Gasteiger partial charge in [0.05, 0.1) is 23.4 Å². The molecule has 4 aromatic rings. The number of aliphatic hydroxyl groups is 1. The number of nitrogens with one attached hydrogen (secondary N) is 1. The second-order valence-electron chi connectivity index (χ2n) is 9.04. The molecular weight excluding hydrogens is 641 g/mol. The molecule has 4 rings (SSSR count). The molecule has 0 aliphatic rings. The zero-order chi connectivity index (χ0) is 32.6. The normalized spacial score (nSPS) is 13.2. The summed E-state index contributed by atoms with van der Waals surface area (Å²) in [5.41, 5.74) is -4.34. The number of carbonyl (C=O) groups excluding carboxylic acids is 1. The van der Waals surface area contributed by atoms with Crippen molar-refractivity contribution in [3.63, 3.8) is 0 Å². The lowest BCUT2D eigenvalue weighted by atomic mass is 10.1. The third-order valence-corrected chi connectivity index (χ3v) is 6.11. The van der Waals surface area contributed by atoms with Gasteiger partial charge in [-0.3, -0.25) is 9.36 Å². The highest BCUT2D eigenvalue weighted by Gasteiger charge is 2.40. The molecule has 10 nitrogen and oxygen atoms in total. The standard InChI is InChI=1S/C24H17ClF9N7O3/c25-13-6-4-12(5-7-13)19-38-40(21(44)39(19)8-16(42)24(32,33)34)9-17-36-11-41(37-17)18-14(20(43)35-10-22(26,27)28)2-1-3-15(18)23(29,30)31/h1-7,11,16,42H,8-10H2,(H,35,43). The number of halogens is 10. The first-order valence-corrected chi connectivity index (χ1v) is 12.4. The van der Waals surface area contributed by atoms with Crippen molar-refractivity contribution in [3.05, 3.63) is 81.3 Å². The SMILES string of the molecule is O=C(NCC(F)(F)F)c1cccc(C(F)(F)F)c1-n1cnc(Cn2nc(-c3ccc(Cl)cc3)n(CC(O)C(F)(F)F)c2=O)n1. The summed E-state index contributed by atoms with van der Waals surface area (Å²) in [6.07, 6.45) is -17.4. The summed E-state index contributed by atoms with van der Waals surface area (Å²) in [7, 11) is 0. The number of rotatable bonds is 8. The molecule has 0 aliphatic carbocycles. The Morgan fingerprint density at radius 2 is 1.64 bits per heavy atom. The Labute approximate surface area is 244 Å². The van der Waals surface area contributed by atoms with E-state index >= 15 is 0 Å². The summed E-state index contributed by atoms with van der Waals surface area (Å²) >= 11 is 5.84. The Balaban J connectivity index is 1.75. The van der Waals surface area contributed by atoms with Gasteiger partial charge in [-0.1, -0.05) is 17.7 Å². The van der Waals surface area contributed by atoms with Crippen molar-refractivity contribution in [2.45, 2.75) is 37.7 Å². The topological polar surface area (TPSA) is 120 Å². The quantitative estimate of drug-likeness (QED) is 0.274. The van der Waals surface area contributed by atoms with Crippen LogP contribution < -0.4 is 11.0 Å². The fraction of sp³-hybridized carbons (Fsp3) is 0.292. The Bertz CT molecular complexity index is 1710. The van der Waals surface area contributed by atoms with Crippen LogP contribution in [-0.4, -0.2) is 65.1 Å².